The van der Waals surface area contributed by atoms with Crippen molar-refractivity contribution in [3.8, 4) is 0 Å². The van der Waals surface area contributed by atoms with Gasteiger partial charge in [-0.2, -0.15) is 0 Å². The molecule has 1 fully saturated rings. The highest BCUT2D eigenvalue weighted by Gasteiger charge is 2.11. The van der Waals surface area contributed by atoms with Gasteiger partial charge < -0.3 is 5.32 Å². The standard InChI is InChI=1S/C7H12N2/c1-3-6-4-9-5-7(6)8-2/h3,9H,4-5H2,1-2H3/b6-3-,8-7?. The molecule has 1 rings (SSSR count). The Bertz CT molecular complexity index is 138. The fourth-order valence-electron chi connectivity index (χ4n) is 1.02. The van der Waals surface area contributed by atoms with Gasteiger partial charge in [0, 0.05) is 20.1 Å². The van der Waals surface area contributed by atoms with Crippen LogP contribution in [0.2, 0.25) is 0 Å². The highest BCUT2D eigenvalue weighted by atomic mass is 14.9. The van der Waals surface area contributed by atoms with E-state index in [1.54, 1.807) is 0 Å². The van der Waals surface area contributed by atoms with Crippen LogP contribution in [0.3, 0.4) is 0 Å². The van der Waals surface area contributed by atoms with Crippen molar-refractivity contribution >= 4 is 5.71 Å². The molecule has 9 heavy (non-hydrogen) atoms. The number of allylic oxidation sites excluding steroid dienone is 1. The van der Waals surface area contributed by atoms with Gasteiger partial charge in [-0.15, -0.1) is 0 Å². The van der Waals surface area contributed by atoms with E-state index in [-0.39, 0.29) is 0 Å². The first-order valence-electron chi connectivity index (χ1n) is 3.20. The van der Waals surface area contributed by atoms with Crippen molar-refractivity contribution < 1.29 is 0 Å². The molecule has 2 nitrogen and oxygen atoms in total. The van der Waals surface area contributed by atoms with Gasteiger partial charge in [0.05, 0.1) is 5.71 Å². The Balaban J connectivity index is 2.75. The van der Waals surface area contributed by atoms with Gasteiger partial charge in [0.25, 0.3) is 0 Å². The second-order valence-electron chi connectivity index (χ2n) is 2.09. The second kappa shape index (κ2) is 2.78. The largest absolute Gasteiger partial charge is 0.307 e. The summed E-state index contributed by atoms with van der Waals surface area (Å²) in [6.45, 7) is 3.98. The summed E-state index contributed by atoms with van der Waals surface area (Å²) in [5, 5.41) is 3.23. The Morgan fingerprint density at radius 3 is 2.78 bits per heavy atom. The molecule has 0 atom stereocenters. The van der Waals surface area contributed by atoms with Gasteiger partial charge in [0.1, 0.15) is 0 Å². The molecule has 0 aromatic heterocycles. The molecule has 0 saturated carbocycles. The zero-order chi connectivity index (χ0) is 6.69. The van der Waals surface area contributed by atoms with E-state index in [1.807, 2.05) is 14.0 Å². The van der Waals surface area contributed by atoms with Gasteiger partial charge in [-0.3, -0.25) is 4.99 Å². The van der Waals surface area contributed by atoms with Crippen molar-refractivity contribution in [2.24, 2.45) is 4.99 Å². The summed E-state index contributed by atoms with van der Waals surface area (Å²) in [5.74, 6) is 0. The molecule has 0 aliphatic carbocycles. The fraction of sp³-hybridized carbons (Fsp3) is 0.571. The third kappa shape index (κ3) is 1.19. The van der Waals surface area contributed by atoms with Crippen LogP contribution in [0.4, 0.5) is 0 Å². The molecule has 0 aromatic carbocycles. The second-order valence-corrected chi connectivity index (χ2v) is 2.09. The van der Waals surface area contributed by atoms with E-state index in [0.717, 1.165) is 13.1 Å². The lowest BCUT2D eigenvalue weighted by atomic mass is 10.2. The van der Waals surface area contributed by atoms with Crippen molar-refractivity contribution in [3.05, 3.63) is 11.6 Å². The summed E-state index contributed by atoms with van der Waals surface area (Å²) in [4.78, 5) is 4.13. The van der Waals surface area contributed by atoms with E-state index in [1.165, 1.54) is 11.3 Å². The summed E-state index contributed by atoms with van der Waals surface area (Å²) in [7, 11) is 1.84. The highest BCUT2D eigenvalue weighted by Crippen LogP contribution is 2.01. The van der Waals surface area contributed by atoms with E-state index < -0.39 is 0 Å². The van der Waals surface area contributed by atoms with Gasteiger partial charge in [0.2, 0.25) is 0 Å². The smallest absolute Gasteiger partial charge is 0.0524 e. The topological polar surface area (TPSA) is 24.4 Å². The van der Waals surface area contributed by atoms with E-state index in [9.17, 15) is 0 Å². The maximum Gasteiger partial charge on any atom is 0.0524 e. The molecule has 0 radical (unpaired) electrons. The summed E-state index contributed by atoms with van der Waals surface area (Å²) in [6.07, 6.45) is 2.11. The maximum atomic E-state index is 4.13. The minimum atomic E-state index is 0.941. The summed E-state index contributed by atoms with van der Waals surface area (Å²) in [6, 6.07) is 0. The number of nitrogens with one attached hydrogen (secondary N) is 1. The van der Waals surface area contributed by atoms with Gasteiger partial charge >= 0.3 is 0 Å². The average molecular weight is 124 g/mol. The first kappa shape index (κ1) is 6.49. The molecule has 2 heteroatoms. The molecule has 0 bridgehead atoms. The number of nitrogens with zero attached hydrogens (tertiary/aromatic N) is 1. The molecule has 1 heterocycles. The summed E-state index contributed by atoms with van der Waals surface area (Å²) < 4.78 is 0. The van der Waals surface area contributed by atoms with Crippen LogP contribution in [0.1, 0.15) is 6.92 Å². The van der Waals surface area contributed by atoms with Crippen LogP contribution in [0, 0.1) is 0 Å². The molecule has 1 aliphatic heterocycles. The summed E-state index contributed by atoms with van der Waals surface area (Å²) >= 11 is 0. The number of hydrogen-bond acceptors (Lipinski definition) is 2. The SMILES string of the molecule is C/C=C1/CNCC1=NC. The zero-order valence-electron chi connectivity index (χ0n) is 5.94. The Hall–Kier alpha value is -0.630. The normalized spacial score (nSPS) is 28.2. The number of rotatable bonds is 0. The molecule has 1 saturated heterocycles. The van der Waals surface area contributed by atoms with Crippen molar-refractivity contribution in [1.29, 1.82) is 0 Å². The lowest BCUT2D eigenvalue weighted by Gasteiger charge is -1.91. The van der Waals surface area contributed by atoms with Crippen LogP contribution >= 0.6 is 0 Å². The van der Waals surface area contributed by atoms with Crippen LogP contribution < -0.4 is 5.32 Å². The van der Waals surface area contributed by atoms with Gasteiger partial charge in [0.15, 0.2) is 0 Å². The molecule has 0 spiro atoms. The Labute approximate surface area is 55.7 Å². The fourth-order valence-corrected chi connectivity index (χ4v) is 1.02. The molecular formula is C7H12N2. The predicted octanol–water partition coefficient (Wildman–Crippen LogP) is 0.607. The Morgan fingerprint density at radius 2 is 2.33 bits per heavy atom. The molecular weight excluding hydrogens is 112 g/mol. The maximum absolute atomic E-state index is 4.13. The molecule has 1 aliphatic rings. The van der Waals surface area contributed by atoms with E-state index in [4.69, 9.17) is 0 Å². The molecule has 0 aromatic rings. The van der Waals surface area contributed by atoms with E-state index >= 15 is 0 Å². The van der Waals surface area contributed by atoms with Crippen molar-refractivity contribution in [2.75, 3.05) is 20.1 Å². The van der Waals surface area contributed by atoms with E-state index in [0.29, 0.717) is 0 Å². The Morgan fingerprint density at radius 1 is 1.56 bits per heavy atom. The first-order chi connectivity index (χ1) is 4.38. The molecule has 0 amide bonds. The molecule has 1 N–H and O–H groups in total. The van der Waals surface area contributed by atoms with Crippen LogP contribution in [-0.4, -0.2) is 25.8 Å². The Kier molecular flexibility index (Phi) is 2.01. The monoisotopic (exact) mass is 124 g/mol. The minimum Gasteiger partial charge on any atom is -0.307 e. The third-order valence-electron chi connectivity index (χ3n) is 1.60. The minimum absolute atomic E-state index is 0.941. The number of hydrogen-bond donors (Lipinski definition) is 1. The lowest BCUT2D eigenvalue weighted by Crippen LogP contribution is -2.07. The average Bonchev–Trinajstić information content (AvgIpc) is 2.33. The molecule has 50 valence electrons. The van der Waals surface area contributed by atoms with Crippen LogP contribution in [0.25, 0.3) is 0 Å². The first-order valence-corrected chi connectivity index (χ1v) is 3.20. The van der Waals surface area contributed by atoms with Crippen molar-refractivity contribution in [2.45, 2.75) is 6.92 Å². The highest BCUT2D eigenvalue weighted by molar-refractivity contribution is 6.03. The zero-order valence-corrected chi connectivity index (χ0v) is 5.94. The third-order valence-corrected chi connectivity index (χ3v) is 1.60. The van der Waals surface area contributed by atoms with Crippen molar-refractivity contribution in [3.63, 3.8) is 0 Å². The predicted molar refractivity (Wildman–Crippen MR) is 40.0 cm³/mol. The molecule has 0 unspecified atom stereocenters. The lowest BCUT2D eigenvalue weighted by molar-refractivity contribution is 0.906. The quantitative estimate of drug-likeness (QED) is 0.502. The van der Waals surface area contributed by atoms with Gasteiger partial charge in [-0.1, -0.05) is 6.08 Å². The van der Waals surface area contributed by atoms with Crippen LogP contribution in [0.15, 0.2) is 16.6 Å². The van der Waals surface area contributed by atoms with Gasteiger partial charge in [-0.05, 0) is 12.5 Å². The van der Waals surface area contributed by atoms with Gasteiger partial charge in [-0.25, -0.2) is 0 Å². The number of aliphatic imine (C=N–C) groups is 1. The summed E-state index contributed by atoms with van der Waals surface area (Å²) in [5.41, 5.74) is 2.55. The van der Waals surface area contributed by atoms with Crippen LogP contribution in [0.5, 0.6) is 0 Å². The van der Waals surface area contributed by atoms with Crippen LogP contribution in [-0.2, 0) is 0 Å². The van der Waals surface area contributed by atoms with Crippen molar-refractivity contribution in [1.82, 2.24) is 5.32 Å². The van der Waals surface area contributed by atoms with E-state index in [2.05, 4.69) is 16.4 Å².